The Hall–Kier alpha value is -2.14. The van der Waals surface area contributed by atoms with Gasteiger partial charge in [-0.25, -0.2) is 0 Å². The van der Waals surface area contributed by atoms with Crippen LogP contribution < -0.4 is 0 Å². The molecule has 0 spiro atoms. The molecule has 1 fully saturated rings. The molecule has 0 amide bonds. The number of hydrogen-bond donors (Lipinski definition) is 1. The van der Waals surface area contributed by atoms with Gasteiger partial charge in [0.25, 0.3) is 0 Å². The summed E-state index contributed by atoms with van der Waals surface area (Å²) in [7, 11) is 0. The molecule has 0 unspecified atom stereocenters. The number of benzene rings is 1. The molecule has 1 N–H and O–H groups in total. The third-order valence-corrected chi connectivity index (χ3v) is 4.46. The molecule has 2 rings (SSSR count). The molecule has 1 aliphatic rings. The van der Waals surface area contributed by atoms with Crippen LogP contribution in [0.2, 0.25) is 0 Å². The molecule has 0 saturated heterocycles. The predicted octanol–water partition coefficient (Wildman–Crippen LogP) is 4.28. The third-order valence-electron chi connectivity index (χ3n) is 4.46. The summed E-state index contributed by atoms with van der Waals surface area (Å²) in [6, 6.07) is 8.26. The van der Waals surface area contributed by atoms with Crippen molar-refractivity contribution < 1.29 is 5.11 Å². The number of rotatable bonds is 1. The van der Waals surface area contributed by atoms with E-state index in [9.17, 15) is 5.11 Å². The second-order valence-electron chi connectivity index (χ2n) is 7.44. The van der Waals surface area contributed by atoms with Gasteiger partial charge in [-0.1, -0.05) is 64.0 Å². The summed E-state index contributed by atoms with van der Waals surface area (Å²) >= 11 is 0. The highest BCUT2D eigenvalue weighted by Crippen LogP contribution is 2.26. The molecule has 1 saturated carbocycles. The maximum absolute atomic E-state index is 10.0. The zero-order valence-corrected chi connectivity index (χ0v) is 14.9. The van der Waals surface area contributed by atoms with Gasteiger partial charge in [-0.15, -0.1) is 0 Å². The highest BCUT2D eigenvalue weighted by Gasteiger charge is 2.19. The lowest BCUT2D eigenvalue weighted by Gasteiger charge is -2.22. The van der Waals surface area contributed by atoms with Crippen molar-refractivity contribution in [1.29, 1.82) is 0 Å². The highest BCUT2D eigenvalue weighted by atomic mass is 16.3. The van der Waals surface area contributed by atoms with E-state index in [1.165, 1.54) is 24.8 Å². The average molecular weight is 318 g/mol. The topological polar surface area (TPSA) is 20.2 Å². The molecule has 1 heteroatoms. The van der Waals surface area contributed by atoms with Gasteiger partial charge in [0.05, 0.1) is 0 Å². The van der Waals surface area contributed by atoms with Crippen LogP contribution in [0.4, 0.5) is 0 Å². The molecular formula is C23H26O. The van der Waals surface area contributed by atoms with Crippen LogP contribution in [-0.2, 0) is 5.41 Å². The van der Waals surface area contributed by atoms with E-state index < -0.39 is 6.10 Å². The fourth-order valence-electron chi connectivity index (χ4n) is 2.90. The van der Waals surface area contributed by atoms with Crippen LogP contribution in [0.3, 0.4) is 0 Å². The first-order valence-corrected chi connectivity index (χ1v) is 8.77. The summed E-state index contributed by atoms with van der Waals surface area (Å²) in [6.07, 6.45) is 5.30. The van der Waals surface area contributed by atoms with Crippen molar-refractivity contribution in [1.82, 2.24) is 0 Å². The normalized spacial score (nSPS) is 15.8. The van der Waals surface area contributed by atoms with Gasteiger partial charge in [-0.2, -0.15) is 0 Å². The van der Waals surface area contributed by atoms with Crippen LogP contribution in [0.25, 0.3) is 0 Å². The molecule has 1 nitrogen and oxygen atoms in total. The van der Waals surface area contributed by atoms with Crippen LogP contribution in [0.5, 0.6) is 0 Å². The van der Waals surface area contributed by atoms with E-state index in [0.29, 0.717) is 5.92 Å². The van der Waals surface area contributed by atoms with Crippen LogP contribution >= 0.6 is 0 Å². The lowest BCUT2D eigenvalue weighted by molar-refractivity contribution is 0.133. The maximum atomic E-state index is 10.0. The van der Waals surface area contributed by atoms with Crippen LogP contribution in [0.1, 0.15) is 64.0 Å². The number of aliphatic hydroxyl groups is 1. The van der Waals surface area contributed by atoms with Gasteiger partial charge in [0.15, 0.2) is 0 Å². The van der Waals surface area contributed by atoms with Crippen LogP contribution in [0, 0.1) is 41.4 Å². The molecule has 0 aromatic heterocycles. The number of hydrogen-bond acceptors (Lipinski definition) is 1. The lowest BCUT2D eigenvalue weighted by atomic mass is 9.85. The Morgan fingerprint density at radius 3 is 2.17 bits per heavy atom. The van der Waals surface area contributed by atoms with E-state index >= 15 is 0 Å². The lowest BCUT2D eigenvalue weighted by Crippen LogP contribution is -2.20. The van der Waals surface area contributed by atoms with Crippen molar-refractivity contribution in [2.45, 2.75) is 64.4 Å². The summed E-state index contributed by atoms with van der Waals surface area (Å²) < 4.78 is 0. The molecular weight excluding hydrogens is 292 g/mol. The largest absolute Gasteiger partial charge is 0.380 e. The first-order valence-electron chi connectivity index (χ1n) is 8.77. The monoisotopic (exact) mass is 318 g/mol. The van der Waals surface area contributed by atoms with E-state index in [4.69, 9.17) is 0 Å². The van der Waals surface area contributed by atoms with Crippen molar-refractivity contribution >= 4 is 0 Å². The SMILES string of the molecule is CC(C)(C)c1ccc(C#CC#CC#C[C@@H](O)C2CCCCC2)cc1. The fraction of sp³-hybridized carbons (Fsp3) is 0.478. The minimum atomic E-state index is -0.544. The summed E-state index contributed by atoms with van der Waals surface area (Å²) in [4.78, 5) is 0. The summed E-state index contributed by atoms with van der Waals surface area (Å²) in [5.74, 6) is 17.2. The van der Waals surface area contributed by atoms with Crippen LogP contribution in [0.15, 0.2) is 24.3 Å². The van der Waals surface area contributed by atoms with E-state index in [-0.39, 0.29) is 5.41 Å². The van der Waals surface area contributed by atoms with Crippen molar-refractivity contribution in [2.75, 3.05) is 0 Å². The second kappa shape index (κ2) is 8.64. The molecule has 0 heterocycles. The van der Waals surface area contributed by atoms with Gasteiger partial charge in [0.1, 0.15) is 6.10 Å². The molecule has 124 valence electrons. The Labute approximate surface area is 146 Å². The summed E-state index contributed by atoms with van der Waals surface area (Å²) in [6.45, 7) is 6.58. The number of aliphatic hydroxyl groups excluding tert-OH is 1. The Morgan fingerprint density at radius 2 is 1.54 bits per heavy atom. The Balaban J connectivity index is 1.90. The smallest absolute Gasteiger partial charge is 0.118 e. The van der Waals surface area contributed by atoms with E-state index in [1.54, 1.807) is 0 Å². The minimum absolute atomic E-state index is 0.153. The maximum Gasteiger partial charge on any atom is 0.118 e. The zero-order chi connectivity index (χ0) is 17.4. The molecule has 1 atom stereocenters. The second-order valence-corrected chi connectivity index (χ2v) is 7.44. The minimum Gasteiger partial charge on any atom is -0.380 e. The van der Waals surface area contributed by atoms with E-state index in [1.807, 2.05) is 12.1 Å². The Morgan fingerprint density at radius 1 is 0.917 bits per heavy atom. The molecule has 1 aliphatic carbocycles. The molecule has 0 aliphatic heterocycles. The average Bonchev–Trinajstić information content (AvgIpc) is 2.58. The summed E-state index contributed by atoms with van der Waals surface area (Å²) in [5, 5.41) is 10.0. The zero-order valence-electron chi connectivity index (χ0n) is 14.9. The van der Waals surface area contributed by atoms with E-state index in [0.717, 1.165) is 18.4 Å². The molecule has 1 aromatic rings. The Kier molecular flexibility index (Phi) is 6.55. The molecule has 0 radical (unpaired) electrons. The summed E-state index contributed by atoms with van der Waals surface area (Å²) in [5.41, 5.74) is 2.40. The third kappa shape index (κ3) is 5.81. The highest BCUT2D eigenvalue weighted by molar-refractivity contribution is 5.44. The van der Waals surface area contributed by atoms with E-state index in [2.05, 4.69) is 68.4 Å². The molecule has 1 aromatic carbocycles. The van der Waals surface area contributed by atoms with Crippen molar-refractivity contribution in [3.8, 4) is 35.5 Å². The van der Waals surface area contributed by atoms with Crippen molar-refractivity contribution in [3.05, 3.63) is 35.4 Å². The predicted molar refractivity (Wildman–Crippen MR) is 100 cm³/mol. The van der Waals surface area contributed by atoms with Crippen LogP contribution in [-0.4, -0.2) is 11.2 Å². The van der Waals surface area contributed by atoms with Crippen molar-refractivity contribution in [2.24, 2.45) is 5.92 Å². The quantitative estimate of drug-likeness (QED) is 0.766. The van der Waals surface area contributed by atoms with Crippen molar-refractivity contribution in [3.63, 3.8) is 0 Å². The van der Waals surface area contributed by atoms with Gasteiger partial charge < -0.3 is 5.11 Å². The first kappa shape index (κ1) is 18.2. The van der Waals surface area contributed by atoms with Gasteiger partial charge >= 0.3 is 0 Å². The first-order chi connectivity index (χ1) is 11.5. The van der Waals surface area contributed by atoms with Gasteiger partial charge in [-0.05, 0) is 65.6 Å². The standard InChI is InChI=1S/C23H26O/c1-23(2,3)21-17-15-19(16-18-21)11-7-4-5-10-14-22(24)20-12-8-6-9-13-20/h15-18,20,22,24H,6,8-9,12-13H2,1-3H3/t22-/m1/s1. The van der Waals surface area contributed by atoms with Gasteiger partial charge in [0, 0.05) is 5.56 Å². The molecule has 24 heavy (non-hydrogen) atoms. The molecule has 0 bridgehead atoms. The van der Waals surface area contributed by atoms with Gasteiger partial charge in [-0.3, -0.25) is 0 Å². The fourth-order valence-corrected chi connectivity index (χ4v) is 2.90. The van der Waals surface area contributed by atoms with Gasteiger partial charge in [0.2, 0.25) is 0 Å². The Bertz CT molecular complexity index is 708.